The van der Waals surface area contributed by atoms with E-state index in [-0.39, 0.29) is 11.4 Å². The number of anilines is 1. The van der Waals surface area contributed by atoms with Gasteiger partial charge in [0.2, 0.25) is 0 Å². The highest BCUT2D eigenvalue weighted by atomic mass is 32.1. The van der Waals surface area contributed by atoms with Crippen molar-refractivity contribution in [3.05, 3.63) is 70.5 Å². The molecule has 11 heteroatoms. The van der Waals surface area contributed by atoms with Crippen molar-refractivity contribution in [2.45, 2.75) is 25.7 Å². The van der Waals surface area contributed by atoms with Crippen LogP contribution in [0.3, 0.4) is 0 Å². The fraction of sp³-hybridized carbons (Fsp3) is 0.238. The van der Waals surface area contributed by atoms with Gasteiger partial charge in [0.05, 0.1) is 5.94 Å². The van der Waals surface area contributed by atoms with Crippen molar-refractivity contribution in [1.82, 2.24) is 15.3 Å². The highest BCUT2D eigenvalue weighted by Crippen LogP contribution is 2.29. The van der Waals surface area contributed by atoms with E-state index in [1.807, 2.05) is 43.3 Å². The largest absolute Gasteiger partial charge is 0.547 e. The van der Waals surface area contributed by atoms with E-state index in [9.17, 15) is 15.0 Å². The first kappa shape index (κ1) is 21.8. The van der Waals surface area contributed by atoms with E-state index in [2.05, 4.69) is 25.8 Å². The van der Waals surface area contributed by atoms with Crippen LogP contribution < -0.4 is 15.3 Å². The lowest BCUT2D eigenvalue weighted by Crippen LogP contribution is -2.54. The number of thiazole rings is 1. The number of aromatic nitrogens is 2. The molecule has 9 nitrogen and oxygen atoms in total. The summed E-state index contributed by atoms with van der Waals surface area (Å²) in [6, 6.07) is 11.4. The second-order valence-electron chi connectivity index (χ2n) is 7.34. The first-order valence-electron chi connectivity index (χ1n) is 10.1. The predicted molar refractivity (Wildman–Crippen MR) is 122 cm³/mol. The number of carbonyl (C=O) groups excluding carboxylic acids is 1. The Labute approximate surface area is 189 Å². The maximum Gasteiger partial charge on any atom is 0.547 e. The minimum atomic E-state index is -1.22. The third-order valence-electron chi connectivity index (χ3n) is 5.08. The Kier molecular flexibility index (Phi) is 6.67. The Morgan fingerprint density at radius 3 is 3.00 bits per heavy atom. The third-order valence-corrected chi connectivity index (χ3v) is 5.88. The van der Waals surface area contributed by atoms with Gasteiger partial charge in [-0.3, -0.25) is 9.78 Å². The van der Waals surface area contributed by atoms with E-state index < -0.39 is 19.0 Å². The average molecular weight is 451 g/mol. The van der Waals surface area contributed by atoms with Crippen LogP contribution in [0.5, 0.6) is 5.75 Å². The van der Waals surface area contributed by atoms with Crippen LogP contribution in [-0.2, 0) is 17.6 Å². The lowest BCUT2D eigenvalue weighted by molar-refractivity contribution is -0.115. The van der Waals surface area contributed by atoms with Crippen molar-refractivity contribution >= 4 is 35.2 Å². The van der Waals surface area contributed by atoms with Crippen molar-refractivity contribution in [2.24, 2.45) is 5.16 Å². The van der Waals surface area contributed by atoms with Crippen molar-refractivity contribution < 1.29 is 19.7 Å². The standard InChI is InChI=1S/C21H22BN5O4S/c1-13-5-4-6-14-11-17(22(29)31-19(13)14)26-20(28)18(27-30)16-12-32-21(25-16)24-10-8-15-7-2-3-9-23-15/h2-7,9,12,17,29-30H,8,10-11H2,1H3,(H,24,25)(H,26,28)/b27-18-/t17-/m0/s1. The van der Waals surface area contributed by atoms with Gasteiger partial charge in [-0.2, -0.15) is 0 Å². The summed E-state index contributed by atoms with van der Waals surface area (Å²) in [5, 5.41) is 31.0. The molecule has 0 spiro atoms. The van der Waals surface area contributed by atoms with Crippen molar-refractivity contribution in [3.63, 3.8) is 0 Å². The number of aryl methyl sites for hydroxylation is 1. The molecule has 4 rings (SSSR count). The molecule has 0 fully saturated rings. The Bertz CT molecular complexity index is 1120. The van der Waals surface area contributed by atoms with Crippen LogP contribution >= 0.6 is 11.3 Å². The number of nitrogens with zero attached hydrogens (tertiary/aromatic N) is 3. The van der Waals surface area contributed by atoms with Crippen LogP contribution in [0.2, 0.25) is 0 Å². The summed E-state index contributed by atoms with van der Waals surface area (Å²) in [5.74, 6) is -0.716. The van der Waals surface area contributed by atoms with E-state index in [1.54, 1.807) is 11.6 Å². The molecule has 1 amide bonds. The van der Waals surface area contributed by atoms with E-state index in [1.165, 1.54) is 11.3 Å². The first-order valence-corrected chi connectivity index (χ1v) is 11.0. The number of benzene rings is 1. The molecule has 1 aliphatic heterocycles. The Morgan fingerprint density at radius 2 is 2.22 bits per heavy atom. The summed E-state index contributed by atoms with van der Waals surface area (Å²) in [6.07, 6.45) is 2.85. The predicted octanol–water partition coefficient (Wildman–Crippen LogP) is 1.82. The second kappa shape index (κ2) is 9.79. The van der Waals surface area contributed by atoms with Gasteiger partial charge in [-0.25, -0.2) is 4.98 Å². The average Bonchev–Trinajstić information content (AvgIpc) is 3.25. The quantitative estimate of drug-likeness (QED) is 0.187. The number of hydrogen-bond acceptors (Lipinski definition) is 9. The molecule has 0 aliphatic carbocycles. The van der Waals surface area contributed by atoms with Crippen LogP contribution in [0.25, 0.3) is 0 Å². The van der Waals surface area contributed by atoms with E-state index >= 15 is 0 Å². The van der Waals surface area contributed by atoms with E-state index in [0.29, 0.717) is 23.8 Å². The summed E-state index contributed by atoms with van der Waals surface area (Å²) < 4.78 is 5.59. The van der Waals surface area contributed by atoms with Gasteiger partial charge in [0.1, 0.15) is 11.4 Å². The molecule has 1 aromatic carbocycles. The maximum absolute atomic E-state index is 12.7. The summed E-state index contributed by atoms with van der Waals surface area (Å²) >= 11 is 1.30. The van der Waals surface area contributed by atoms with Crippen LogP contribution in [0.15, 0.2) is 53.1 Å². The number of amides is 1. The lowest BCUT2D eigenvalue weighted by Gasteiger charge is -2.29. The SMILES string of the molecule is Cc1cccc2c1OB(O)[C@@H](NC(=O)/C(=N\O)c1csc(NCCc3ccccn3)n1)C2. The molecule has 0 saturated carbocycles. The highest BCUT2D eigenvalue weighted by Gasteiger charge is 2.37. The zero-order chi connectivity index (χ0) is 22.5. The van der Waals surface area contributed by atoms with Crippen molar-refractivity contribution in [3.8, 4) is 5.75 Å². The fourth-order valence-corrected chi connectivity index (χ4v) is 4.19. The van der Waals surface area contributed by atoms with Gasteiger partial charge in [-0.15, -0.1) is 11.3 Å². The Hall–Kier alpha value is -3.44. The summed E-state index contributed by atoms with van der Waals surface area (Å²) in [5.41, 5.74) is 2.75. The Morgan fingerprint density at radius 1 is 1.34 bits per heavy atom. The van der Waals surface area contributed by atoms with Gasteiger partial charge in [0, 0.05) is 30.2 Å². The molecule has 32 heavy (non-hydrogen) atoms. The molecule has 164 valence electrons. The Balaban J connectivity index is 1.37. The minimum absolute atomic E-state index is 0.234. The molecular formula is C21H22BN5O4S. The smallest absolute Gasteiger partial charge is 0.534 e. The number of fused-ring (bicyclic) bond motifs is 1. The zero-order valence-corrected chi connectivity index (χ0v) is 18.2. The fourth-order valence-electron chi connectivity index (χ4n) is 3.46. The van der Waals surface area contributed by atoms with Gasteiger partial charge >= 0.3 is 7.12 Å². The molecular weight excluding hydrogens is 429 g/mol. The van der Waals surface area contributed by atoms with Crippen molar-refractivity contribution in [2.75, 3.05) is 11.9 Å². The highest BCUT2D eigenvalue weighted by molar-refractivity contribution is 7.14. The molecule has 0 saturated heterocycles. The maximum atomic E-state index is 12.7. The number of nitrogens with one attached hydrogen (secondary N) is 2. The van der Waals surface area contributed by atoms with Crippen LogP contribution in [0.1, 0.15) is 22.5 Å². The molecule has 0 bridgehead atoms. The summed E-state index contributed by atoms with van der Waals surface area (Å²) in [4.78, 5) is 21.3. The number of pyridine rings is 1. The van der Waals surface area contributed by atoms with Gasteiger partial charge in [0.15, 0.2) is 10.8 Å². The molecule has 2 aromatic heterocycles. The van der Waals surface area contributed by atoms with E-state index in [4.69, 9.17) is 4.65 Å². The normalized spacial score (nSPS) is 15.6. The number of hydrogen-bond donors (Lipinski definition) is 4. The van der Waals surface area contributed by atoms with Crippen LogP contribution in [0, 0.1) is 6.92 Å². The van der Waals surface area contributed by atoms with Crippen molar-refractivity contribution in [1.29, 1.82) is 0 Å². The zero-order valence-electron chi connectivity index (χ0n) is 17.4. The van der Waals surface area contributed by atoms with E-state index in [0.717, 1.165) is 23.2 Å². The molecule has 0 radical (unpaired) electrons. The molecule has 1 atom stereocenters. The number of rotatable bonds is 7. The monoisotopic (exact) mass is 451 g/mol. The van der Waals surface area contributed by atoms with Gasteiger partial charge in [-0.05, 0) is 36.6 Å². The van der Waals surface area contributed by atoms with Gasteiger partial charge < -0.3 is 25.5 Å². The molecule has 1 aliphatic rings. The van der Waals surface area contributed by atoms with Gasteiger partial charge in [-0.1, -0.05) is 29.4 Å². The first-order chi connectivity index (χ1) is 15.5. The topological polar surface area (TPSA) is 129 Å². The molecule has 3 aromatic rings. The minimum Gasteiger partial charge on any atom is -0.534 e. The molecule has 0 unspecified atom stereocenters. The van der Waals surface area contributed by atoms with Crippen LogP contribution in [0.4, 0.5) is 5.13 Å². The lowest BCUT2D eigenvalue weighted by atomic mass is 9.72. The number of carbonyl (C=O) groups is 1. The number of oxime groups is 1. The summed E-state index contributed by atoms with van der Waals surface area (Å²) in [6.45, 7) is 2.51. The van der Waals surface area contributed by atoms with Gasteiger partial charge in [0.25, 0.3) is 5.91 Å². The second-order valence-corrected chi connectivity index (χ2v) is 8.20. The number of para-hydroxylation sites is 1. The molecule has 4 N–H and O–H groups in total. The summed E-state index contributed by atoms with van der Waals surface area (Å²) in [7, 11) is -1.22. The molecule has 3 heterocycles. The van der Waals surface area contributed by atoms with Crippen LogP contribution in [-0.4, -0.2) is 51.4 Å². The third kappa shape index (κ3) is 4.89.